The molecule has 150 valence electrons. The zero-order valence-electron chi connectivity index (χ0n) is 15.9. The molecular formula is C23H18FN3O3. The fourth-order valence-electron chi connectivity index (χ4n) is 3.09. The molecule has 0 bridgehead atoms. The van der Waals surface area contributed by atoms with Crippen LogP contribution in [-0.2, 0) is 13.3 Å². The number of carbonyl (C=O) groups excluding carboxylic acids is 1. The fraction of sp³-hybridized carbons (Fsp3) is 0.0870. The van der Waals surface area contributed by atoms with Crippen molar-refractivity contribution < 1.29 is 19.0 Å². The first-order chi connectivity index (χ1) is 14.7. The minimum atomic E-state index is -0.590. The first-order valence-electron chi connectivity index (χ1n) is 9.25. The molecule has 30 heavy (non-hydrogen) atoms. The second kappa shape index (κ2) is 8.67. The zero-order chi connectivity index (χ0) is 20.9. The summed E-state index contributed by atoms with van der Waals surface area (Å²) < 4.78 is 18.6. The van der Waals surface area contributed by atoms with E-state index in [1.165, 1.54) is 6.33 Å². The van der Waals surface area contributed by atoms with Crippen LogP contribution in [0.3, 0.4) is 0 Å². The van der Waals surface area contributed by atoms with Crippen LogP contribution in [0.15, 0.2) is 73.1 Å². The Kier molecular flexibility index (Phi) is 5.63. The predicted molar refractivity (Wildman–Crippen MR) is 111 cm³/mol. The summed E-state index contributed by atoms with van der Waals surface area (Å²) in [4.78, 5) is 20.8. The minimum Gasteiger partial charge on any atom is -0.439 e. The van der Waals surface area contributed by atoms with E-state index in [2.05, 4.69) is 15.3 Å². The summed E-state index contributed by atoms with van der Waals surface area (Å²) in [6.07, 6.45) is 1.32. The summed E-state index contributed by atoms with van der Waals surface area (Å²) in [5, 5.41) is 13.6. The molecule has 6 nitrogen and oxygen atoms in total. The number of nitrogens with one attached hydrogen (secondary N) is 1. The SMILES string of the molecule is O=C(Nc1cccc(CF)c1)c1cccc2cc(Oc3cc(CO)ncn3)ccc12. The van der Waals surface area contributed by atoms with E-state index < -0.39 is 6.67 Å². The standard InChI is InChI=1S/C23H18FN3O3/c24-12-15-3-1-5-17(9-15)27-23(29)21-6-2-4-16-10-19(7-8-20(16)21)30-22-11-18(13-28)25-14-26-22/h1-11,14,28H,12-13H2,(H,27,29). The van der Waals surface area contributed by atoms with E-state index in [1.807, 2.05) is 6.07 Å². The van der Waals surface area contributed by atoms with Gasteiger partial charge in [-0.25, -0.2) is 14.4 Å². The summed E-state index contributed by atoms with van der Waals surface area (Å²) >= 11 is 0. The molecule has 1 heterocycles. The molecule has 0 saturated carbocycles. The highest BCUT2D eigenvalue weighted by molar-refractivity contribution is 6.13. The molecule has 0 spiro atoms. The Labute approximate surface area is 172 Å². The summed E-state index contributed by atoms with van der Waals surface area (Å²) in [6, 6.07) is 19.0. The highest BCUT2D eigenvalue weighted by atomic mass is 19.1. The zero-order valence-corrected chi connectivity index (χ0v) is 15.9. The Balaban J connectivity index is 1.59. The fourth-order valence-corrected chi connectivity index (χ4v) is 3.09. The van der Waals surface area contributed by atoms with Crippen molar-refractivity contribution in [1.29, 1.82) is 0 Å². The van der Waals surface area contributed by atoms with Crippen molar-refractivity contribution in [3.8, 4) is 11.6 Å². The van der Waals surface area contributed by atoms with Gasteiger partial charge < -0.3 is 15.2 Å². The average Bonchev–Trinajstić information content (AvgIpc) is 2.78. The lowest BCUT2D eigenvalue weighted by Gasteiger charge is -2.11. The van der Waals surface area contributed by atoms with Crippen molar-refractivity contribution in [3.05, 3.63) is 89.9 Å². The van der Waals surface area contributed by atoms with E-state index in [-0.39, 0.29) is 12.5 Å². The van der Waals surface area contributed by atoms with Crippen molar-refractivity contribution in [3.63, 3.8) is 0 Å². The van der Waals surface area contributed by atoms with E-state index in [4.69, 9.17) is 4.74 Å². The van der Waals surface area contributed by atoms with E-state index >= 15 is 0 Å². The van der Waals surface area contributed by atoms with Gasteiger partial charge in [-0.15, -0.1) is 0 Å². The highest BCUT2D eigenvalue weighted by Crippen LogP contribution is 2.27. The Morgan fingerprint density at radius 2 is 1.90 bits per heavy atom. The second-order valence-corrected chi connectivity index (χ2v) is 6.58. The molecule has 4 aromatic rings. The molecule has 0 atom stereocenters. The van der Waals surface area contributed by atoms with Gasteiger partial charge in [0.15, 0.2) is 0 Å². The van der Waals surface area contributed by atoms with E-state index in [0.29, 0.717) is 34.1 Å². The van der Waals surface area contributed by atoms with Crippen molar-refractivity contribution >= 4 is 22.4 Å². The topological polar surface area (TPSA) is 84.3 Å². The summed E-state index contributed by atoms with van der Waals surface area (Å²) in [5.74, 6) is 0.571. The number of aliphatic hydroxyl groups is 1. The van der Waals surface area contributed by atoms with Crippen LogP contribution < -0.4 is 10.1 Å². The number of carbonyl (C=O) groups is 1. The van der Waals surface area contributed by atoms with E-state index in [1.54, 1.807) is 60.7 Å². The molecule has 0 aliphatic heterocycles. The number of nitrogens with zero attached hydrogens (tertiary/aromatic N) is 2. The molecule has 1 amide bonds. The molecule has 7 heteroatoms. The van der Waals surface area contributed by atoms with Gasteiger partial charge in [0.2, 0.25) is 5.88 Å². The van der Waals surface area contributed by atoms with Crippen LogP contribution in [-0.4, -0.2) is 21.0 Å². The average molecular weight is 403 g/mol. The van der Waals surface area contributed by atoms with Gasteiger partial charge in [-0.2, -0.15) is 0 Å². The van der Waals surface area contributed by atoms with Crippen LogP contribution in [0.2, 0.25) is 0 Å². The van der Waals surface area contributed by atoms with Crippen molar-refractivity contribution in [1.82, 2.24) is 9.97 Å². The molecular weight excluding hydrogens is 385 g/mol. The molecule has 0 fully saturated rings. The number of aromatic nitrogens is 2. The van der Waals surface area contributed by atoms with Crippen LogP contribution in [0.1, 0.15) is 21.6 Å². The van der Waals surface area contributed by atoms with Crippen molar-refractivity contribution in [2.45, 2.75) is 13.3 Å². The molecule has 2 N–H and O–H groups in total. The molecule has 0 saturated heterocycles. The molecule has 0 aliphatic rings. The summed E-state index contributed by atoms with van der Waals surface area (Å²) in [6.45, 7) is -0.795. The number of fused-ring (bicyclic) bond motifs is 1. The number of hydrogen-bond donors (Lipinski definition) is 2. The van der Waals surface area contributed by atoms with Gasteiger partial charge in [-0.1, -0.05) is 24.3 Å². The molecule has 1 aromatic heterocycles. The van der Waals surface area contributed by atoms with Crippen LogP contribution in [0.25, 0.3) is 10.8 Å². The normalized spacial score (nSPS) is 10.7. The van der Waals surface area contributed by atoms with E-state index in [0.717, 1.165) is 10.8 Å². The Morgan fingerprint density at radius 3 is 2.73 bits per heavy atom. The van der Waals surface area contributed by atoms with Crippen LogP contribution in [0.5, 0.6) is 11.6 Å². The first kappa shape index (κ1) is 19.5. The van der Waals surface area contributed by atoms with Gasteiger partial charge >= 0.3 is 0 Å². The summed E-state index contributed by atoms with van der Waals surface area (Å²) in [5.41, 5.74) is 1.99. The van der Waals surface area contributed by atoms with Gasteiger partial charge in [-0.05, 0) is 52.7 Å². The third-order valence-electron chi connectivity index (χ3n) is 4.52. The molecule has 3 aromatic carbocycles. The summed E-state index contributed by atoms with van der Waals surface area (Å²) in [7, 11) is 0. The Hall–Kier alpha value is -3.84. The Bertz CT molecular complexity index is 1210. The van der Waals surface area contributed by atoms with Gasteiger partial charge in [0.25, 0.3) is 5.91 Å². The maximum absolute atomic E-state index is 12.9. The predicted octanol–water partition coefficient (Wildman–Crippen LogP) is 4.64. The van der Waals surface area contributed by atoms with Gasteiger partial charge in [-0.3, -0.25) is 4.79 Å². The van der Waals surface area contributed by atoms with Crippen molar-refractivity contribution in [2.24, 2.45) is 0 Å². The third kappa shape index (κ3) is 4.26. The smallest absolute Gasteiger partial charge is 0.256 e. The number of ether oxygens (including phenoxy) is 1. The highest BCUT2D eigenvalue weighted by Gasteiger charge is 2.12. The number of benzene rings is 3. The maximum atomic E-state index is 12.9. The molecule has 0 radical (unpaired) electrons. The van der Waals surface area contributed by atoms with Gasteiger partial charge in [0.05, 0.1) is 12.3 Å². The number of rotatable bonds is 6. The number of hydrogen-bond acceptors (Lipinski definition) is 5. The quantitative estimate of drug-likeness (QED) is 0.490. The minimum absolute atomic E-state index is 0.205. The van der Waals surface area contributed by atoms with Gasteiger partial charge in [0, 0.05) is 17.3 Å². The molecule has 4 rings (SSSR count). The monoisotopic (exact) mass is 403 g/mol. The van der Waals surface area contributed by atoms with Crippen LogP contribution in [0, 0.1) is 0 Å². The third-order valence-corrected chi connectivity index (χ3v) is 4.52. The van der Waals surface area contributed by atoms with Crippen molar-refractivity contribution in [2.75, 3.05) is 5.32 Å². The number of amides is 1. The number of anilines is 1. The lowest BCUT2D eigenvalue weighted by molar-refractivity contribution is 0.102. The van der Waals surface area contributed by atoms with E-state index in [9.17, 15) is 14.3 Å². The van der Waals surface area contributed by atoms with Crippen LogP contribution in [0.4, 0.5) is 10.1 Å². The largest absolute Gasteiger partial charge is 0.439 e. The Morgan fingerprint density at radius 1 is 1.03 bits per heavy atom. The maximum Gasteiger partial charge on any atom is 0.256 e. The number of aliphatic hydroxyl groups excluding tert-OH is 1. The number of alkyl halides is 1. The molecule has 0 unspecified atom stereocenters. The second-order valence-electron chi connectivity index (χ2n) is 6.58. The molecule has 0 aliphatic carbocycles. The lowest BCUT2D eigenvalue weighted by Crippen LogP contribution is -2.12. The lowest BCUT2D eigenvalue weighted by atomic mass is 10.0. The van der Waals surface area contributed by atoms with Crippen LogP contribution >= 0.6 is 0 Å². The number of halogens is 1. The first-order valence-corrected chi connectivity index (χ1v) is 9.25. The van der Waals surface area contributed by atoms with Gasteiger partial charge in [0.1, 0.15) is 18.8 Å².